The van der Waals surface area contributed by atoms with E-state index in [1.165, 1.54) is 13.0 Å². The number of cyclic esters (lactones) is 1. The van der Waals surface area contributed by atoms with Crippen molar-refractivity contribution < 1.29 is 84.7 Å². The molecule has 368 valence electrons. The summed E-state index contributed by atoms with van der Waals surface area (Å²) >= 11 is 0. The van der Waals surface area contributed by atoms with Gasteiger partial charge in [0.05, 0.1) is 79.6 Å². The quantitative estimate of drug-likeness (QED) is 0.134. The first-order chi connectivity index (χ1) is 30.6. The maximum absolute atomic E-state index is 12.6. The molecular formula is C47H73MgNO17+2. The topological polar surface area (TPSA) is 320 Å². The van der Waals surface area contributed by atoms with Gasteiger partial charge in [-0.1, -0.05) is 98.9 Å². The molecule has 13 N–H and O–H groups in total. The van der Waals surface area contributed by atoms with Crippen molar-refractivity contribution in [3.8, 4) is 0 Å². The Bertz CT molecular complexity index is 1670. The molecule has 18 nitrogen and oxygen atoms in total. The Morgan fingerprint density at radius 1 is 0.667 bits per heavy atom. The van der Waals surface area contributed by atoms with Crippen molar-refractivity contribution in [3.05, 3.63) is 85.1 Å². The van der Waals surface area contributed by atoms with Crippen molar-refractivity contribution in [2.24, 2.45) is 23.5 Å². The number of carboxylic acids is 1. The normalized spacial score (nSPS) is 44.8. The van der Waals surface area contributed by atoms with Crippen molar-refractivity contribution in [3.63, 3.8) is 0 Å². The van der Waals surface area contributed by atoms with Crippen LogP contribution in [0.4, 0.5) is 0 Å². The SMILES string of the molecule is CC1/C=C/C=C/C=C/C=C/C=C/C=C/C=C/C(OC2O[C@@H](C)[C@@H](O)[C@@H](N)[C@H]2O)CC2OC(O)(CC(O)CC(O)C(O)CCC(O)CC(O)CC(=O)OC(C)C(C)C1O)CC(O)C2C(=O)O.[Mg+2]. The van der Waals surface area contributed by atoms with Crippen molar-refractivity contribution >= 4 is 35.0 Å². The summed E-state index contributed by atoms with van der Waals surface area (Å²) in [7, 11) is 0. The van der Waals surface area contributed by atoms with E-state index in [-0.39, 0.29) is 54.7 Å². The third-order valence-corrected chi connectivity index (χ3v) is 12.0. The molecule has 0 saturated carbocycles. The first kappa shape index (κ1) is 59.4. The molecule has 0 spiro atoms. The van der Waals surface area contributed by atoms with Crippen LogP contribution in [0.5, 0.6) is 0 Å². The molecule has 3 heterocycles. The Morgan fingerprint density at radius 2 is 1.23 bits per heavy atom. The molecule has 0 aromatic rings. The zero-order chi connectivity index (χ0) is 48.4. The van der Waals surface area contributed by atoms with Gasteiger partial charge in [0.15, 0.2) is 12.1 Å². The first-order valence-corrected chi connectivity index (χ1v) is 22.3. The standard InChI is InChI=1S/C47H73NO17.Mg/c1-27-17-15-13-11-9-7-5-6-8-10-12-14-16-18-34(64-46-44(58)41(48)43(57)30(4)63-46)24-38-40(45(59)60)37(54)26-47(61,65-38)25-33(51)22-36(53)35(52)20-19-31(49)21-32(50)23-39(55)62-29(3)28(2)42(27)56;/h5-18,27-38,40-44,46,49-54,56-58,61H,19-26,48H2,1-4H3,(H,59,60);/q;+2/b6-5+,9-7+,10-8+,13-11+,14-12+,17-15+,18-16+;/t27?,28?,29?,30-,31?,32?,33?,34?,35?,36?,37?,38?,40?,41+,42?,43+,44+,46?,47?;/m0./s1. The van der Waals surface area contributed by atoms with Crippen LogP contribution < -0.4 is 5.73 Å². The van der Waals surface area contributed by atoms with Gasteiger partial charge in [0.25, 0.3) is 0 Å². The smallest absolute Gasteiger partial charge is 0.481 e. The number of carbonyl (C=O) groups excluding carboxylic acids is 1. The Morgan fingerprint density at radius 3 is 1.80 bits per heavy atom. The molecule has 3 aliphatic rings. The minimum atomic E-state index is -2.33. The van der Waals surface area contributed by atoms with E-state index < -0.39 is 147 Å². The third kappa shape index (κ3) is 19.7. The number of aliphatic hydroxyl groups is 10. The van der Waals surface area contributed by atoms with Gasteiger partial charge >= 0.3 is 35.0 Å². The van der Waals surface area contributed by atoms with Crippen LogP contribution in [0.3, 0.4) is 0 Å². The molecule has 2 saturated heterocycles. The molecular weight excluding hydrogens is 875 g/mol. The summed E-state index contributed by atoms with van der Waals surface area (Å²) < 4.78 is 23.1. The molecule has 19 atom stereocenters. The van der Waals surface area contributed by atoms with Gasteiger partial charge in [-0.2, -0.15) is 0 Å². The first-order valence-electron chi connectivity index (χ1n) is 22.3. The Labute approximate surface area is 403 Å². The molecule has 2 bridgehead atoms. The van der Waals surface area contributed by atoms with Gasteiger partial charge < -0.3 is 80.9 Å². The largest absolute Gasteiger partial charge is 2.00 e. The zero-order valence-corrected chi connectivity index (χ0v) is 39.7. The maximum atomic E-state index is 12.6. The van der Waals surface area contributed by atoms with Crippen molar-refractivity contribution in [1.29, 1.82) is 0 Å². The number of ether oxygens (including phenoxy) is 4. The molecule has 0 aliphatic carbocycles. The molecule has 2 fully saturated rings. The maximum Gasteiger partial charge on any atom is 2.00 e. The average Bonchev–Trinajstić information content (AvgIpc) is 3.21. The summed E-state index contributed by atoms with van der Waals surface area (Å²) in [5.74, 6) is -6.83. The summed E-state index contributed by atoms with van der Waals surface area (Å²) in [4.78, 5) is 25.1. The molecule has 0 aromatic carbocycles. The van der Waals surface area contributed by atoms with E-state index in [1.807, 2.05) is 19.1 Å². The number of carbonyl (C=O) groups is 2. The predicted molar refractivity (Wildman–Crippen MR) is 243 cm³/mol. The number of hydrogen-bond acceptors (Lipinski definition) is 17. The molecule has 0 radical (unpaired) electrons. The van der Waals surface area contributed by atoms with Crippen LogP contribution in [0.1, 0.15) is 79.1 Å². The van der Waals surface area contributed by atoms with Crippen molar-refractivity contribution in [2.75, 3.05) is 0 Å². The van der Waals surface area contributed by atoms with E-state index in [2.05, 4.69) is 0 Å². The number of rotatable bonds is 3. The number of carboxylic acid groups (broad SMARTS) is 1. The Hall–Kier alpha value is -2.67. The van der Waals surface area contributed by atoms with Crippen LogP contribution in [0.15, 0.2) is 85.1 Å². The summed E-state index contributed by atoms with van der Waals surface area (Å²) in [5.41, 5.74) is 6.02. The monoisotopic (exact) mass is 947 g/mol. The average molecular weight is 948 g/mol. The molecule has 19 heteroatoms. The zero-order valence-electron chi connectivity index (χ0n) is 38.3. The molecule has 3 rings (SSSR count). The van der Waals surface area contributed by atoms with Gasteiger partial charge in [0.2, 0.25) is 0 Å². The van der Waals surface area contributed by atoms with E-state index in [4.69, 9.17) is 24.7 Å². The second-order valence-corrected chi connectivity index (χ2v) is 17.6. The predicted octanol–water partition coefficient (Wildman–Crippen LogP) is 0.331. The van der Waals surface area contributed by atoms with Crippen molar-refractivity contribution in [2.45, 2.75) is 177 Å². The van der Waals surface area contributed by atoms with E-state index >= 15 is 0 Å². The van der Waals surface area contributed by atoms with Gasteiger partial charge in [-0.05, 0) is 33.1 Å². The summed E-state index contributed by atoms with van der Waals surface area (Å²) in [5, 5.41) is 118. The van der Waals surface area contributed by atoms with Gasteiger partial charge in [-0.15, -0.1) is 0 Å². The van der Waals surface area contributed by atoms with Crippen LogP contribution in [0.2, 0.25) is 0 Å². The van der Waals surface area contributed by atoms with E-state index in [1.54, 1.807) is 80.7 Å². The van der Waals surface area contributed by atoms with Gasteiger partial charge in [-0.3, -0.25) is 9.59 Å². The number of hydrogen-bond donors (Lipinski definition) is 12. The van der Waals surface area contributed by atoms with Crippen molar-refractivity contribution in [1.82, 2.24) is 0 Å². The number of allylic oxidation sites excluding steroid dienone is 12. The van der Waals surface area contributed by atoms with Gasteiger partial charge in [0.1, 0.15) is 18.1 Å². The van der Waals surface area contributed by atoms with Gasteiger partial charge in [0, 0.05) is 37.5 Å². The molecule has 3 aliphatic heterocycles. The molecule has 66 heavy (non-hydrogen) atoms. The molecule has 15 unspecified atom stereocenters. The summed E-state index contributed by atoms with van der Waals surface area (Å²) in [6.45, 7) is 6.74. The number of esters is 1. The van der Waals surface area contributed by atoms with E-state index in [0.717, 1.165) is 0 Å². The van der Waals surface area contributed by atoms with Crippen LogP contribution in [-0.4, -0.2) is 189 Å². The van der Waals surface area contributed by atoms with E-state index in [9.17, 15) is 65.8 Å². The number of fused-ring (bicyclic) bond motifs is 2. The third-order valence-electron chi connectivity index (χ3n) is 12.0. The fourth-order valence-corrected chi connectivity index (χ4v) is 7.97. The fourth-order valence-electron chi connectivity index (χ4n) is 7.97. The second-order valence-electron chi connectivity index (χ2n) is 17.6. The minimum Gasteiger partial charge on any atom is -0.481 e. The van der Waals surface area contributed by atoms with Crippen LogP contribution in [0.25, 0.3) is 0 Å². The number of aliphatic carboxylic acids is 1. The fraction of sp³-hybridized carbons (Fsp3) is 0.660. The number of nitrogens with two attached hydrogens (primary N) is 1. The molecule has 0 amide bonds. The molecule has 0 aromatic heterocycles. The summed E-state index contributed by atoms with van der Waals surface area (Å²) in [6, 6.07) is -1.15. The van der Waals surface area contributed by atoms with Crippen LogP contribution in [0, 0.1) is 17.8 Å². The van der Waals surface area contributed by atoms with Crippen LogP contribution >= 0.6 is 0 Å². The second kappa shape index (κ2) is 29.4. The Balaban J connectivity index is 0.0000150. The number of aliphatic hydroxyl groups excluding tert-OH is 9. The Kier molecular flexibility index (Phi) is 26.5. The van der Waals surface area contributed by atoms with Crippen LogP contribution in [-0.2, 0) is 28.5 Å². The van der Waals surface area contributed by atoms with Gasteiger partial charge in [-0.25, -0.2) is 0 Å². The summed E-state index contributed by atoms with van der Waals surface area (Å²) in [6.07, 6.45) is 3.46. The minimum absolute atomic E-state index is 0. The van der Waals surface area contributed by atoms with E-state index in [0.29, 0.717) is 0 Å².